The van der Waals surface area contributed by atoms with Crippen molar-refractivity contribution in [3.63, 3.8) is 0 Å². The van der Waals surface area contributed by atoms with Crippen molar-refractivity contribution in [3.8, 4) is 5.75 Å². The number of carbonyl (C=O) groups is 1. The Morgan fingerprint density at radius 3 is 2.68 bits per heavy atom. The zero-order valence-electron chi connectivity index (χ0n) is 10.8. The number of esters is 1. The van der Waals surface area contributed by atoms with Crippen molar-refractivity contribution < 1.29 is 23.0 Å². The number of ether oxygens (including phenoxy) is 2. The molecule has 0 spiro atoms. The molecular formula is C12H16F2N2O3. The van der Waals surface area contributed by atoms with Crippen LogP contribution in [0, 0.1) is 0 Å². The molecule has 1 aromatic heterocycles. The summed E-state index contributed by atoms with van der Waals surface area (Å²) in [4.78, 5) is 15.3. The lowest BCUT2D eigenvalue weighted by Gasteiger charge is -2.15. The maximum atomic E-state index is 12.9. The van der Waals surface area contributed by atoms with E-state index in [1.165, 1.54) is 7.11 Å². The molecule has 1 rings (SSSR count). The van der Waals surface area contributed by atoms with Gasteiger partial charge in [0.15, 0.2) is 0 Å². The second kappa shape index (κ2) is 6.98. The summed E-state index contributed by atoms with van der Waals surface area (Å²) < 4.78 is 35.7. The SMILES string of the molecule is CCOC(=O)Cc1c(C(F)F)cnc(CN)c1OC. The van der Waals surface area contributed by atoms with Gasteiger partial charge in [0.25, 0.3) is 6.43 Å². The summed E-state index contributed by atoms with van der Waals surface area (Å²) >= 11 is 0. The van der Waals surface area contributed by atoms with Gasteiger partial charge in [-0.1, -0.05) is 0 Å². The molecule has 0 aromatic carbocycles. The van der Waals surface area contributed by atoms with Crippen molar-refractivity contribution >= 4 is 5.97 Å². The topological polar surface area (TPSA) is 74.4 Å². The van der Waals surface area contributed by atoms with E-state index >= 15 is 0 Å². The molecule has 106 valence electrons. The minimum atomic E-state index is -2.75. The van der Waals surface area contributed by atoms with E-state index < -0.39 is 12.4 Å². The van der Waals surface area contributed by atoms with E-state index in [0.29, 0.717) is 5.69 Å². The highest BCUT2D eigenvalue weighted by molar-refractivity contribution is 5.74. The van der Waals surface area contributed by atoms with Gasteiger partial charge >= 0.3 is 5.97 Å². The number of halogens is 2. The summed E-state index contributed by atoms with van der Waals surface area (Å²) in [5.74, 6) is -0.481. The molecule has 0 aliphatic rings. The van der Waals surface area contributed by atoms with Crippen molar-refractivity contribution in [1.29, 1.82) is 0 Å². The number of nitrogens with zero attached hydrogens (tertiary/aromatic N) is 1. The van der Waals surface area contributed by atoms with Crippen LogP contribution in [0.3, 0.4) is 0 Å². The molecule has 0 amide bonds. The Balaban J connectivity index is 3.25. The number of hydrogen-bond donors (Lipinski definition) is 1. The lowest BCUT2D eigenvalue weighted by molar-refractivity contribution is -0.142. The molecule has 1 heterocycles. The van der Waals surface area contributed by atoms with E-state index in [4.69, 9.17) is 15.2 Å². The largest absolute Gasteiger partial charge is 0.494 e. The molecule has 19 heavy (non-hydrogen) atoms. The molecule has 0 aliphatic heterocycles. The molecule has 0 atom stereocenters. The van der Waals surface area contributed by atoms with Gasteiger partial charge in [-0.25, -0.2) is 8.78 Å². The first kappa shape index (κ1) is 15.3. The Hall–Kier alpha value is -1.76. The quantitative estimate of drug-likeness (QED) is 0.797. The van der Waals surface area contributed by atoms with Gasteiger partial charge in [0.05, 0.1) is 25.8 Å². The third-order valence-corrected chi connectivity index (χ3v) is 2.50. The van der Waals surface area contributed by atoms with Crippen molar-refractivity contribution in [1.82, 2.24) is 4.98 Å². The molecule has 0 aliphatic carbocycles. The molecular weight excluding hydrogens is 258 g/mol. The maximum absolute atomic E-state index is 12.9. The van der Waals surface area contributed by atoms with Crippen molar-refractivity contribution in [2.24, 2.45) is 5.73 Å². The normalized spacial score (nSPS) is 10.6. The predicted molar refractivity (Wildman–Crippen MR) is 64.0 cm³/mol. The van der Waals surface area contributed by atoms with Crippen molar-refractivity contribution in [2.75, 3.05) is 13.7 Å². The molecule has 0 saturated heterocycles. The lowest BCUT2D eigenvalue weighted by Crippen LogP contribution is -2.14. The summed E-state index contributed by atoms with van der Waals surface area (Å²) in [5.41, 5.74) is 5.52. The van der Waals surface area contributed by atoms with Crippen LogP contribution in [0.4, 0.5) is 8.78 Å². The van der Waals surface area contributed by atoms with E-state index in [0.717, 1.165) is 6.20 Å². The molecule has 7 heteroatoms. The van der Waals surface area contributed by atoms with Crippen LogP contribution in [-0.4, -0.2) is 24.7 Å². The fourth-order valence-corrected chi connectivity index (χ4v) is 1.70. The van der Waals surface area contributed by atoms with Gasteiger partial charge in [0.2, 0.25) is 0 Å². The number of hydrogen-bond acceptors (Lipinski definition) is 5. The molecule has 0 unspecified atom stereocenters. The first-order valence-electron chi connectivity index (χ1n) is 5.73. The average molecular weight is 274 g/mol. The second-order valence-corrected chi connectivity index (χ2v) is 3.66. The number of alkyl halides is 2. The average Bonchev–Trinajstić information content (AvgIpc) is 2.37. The van der Waals surface area contributed by atoms with Crippen LogP contribution in [0.2, 0.25) is 0 Å². The van der Waals surface area contributed by atoms with Gasteiger partial charge in [-0.15, -0.1) is 0 Å². The molecule has 0 saturated carbocycles. The Morgan fingerprint density at radius 2 is 2.21 bits per heavy atom. The molecule has 5 nitrogen and oxygen atoms in total. The van der Waals surface area contributed by atoms with Crippen LogP contribution in [0.25, 0.3) is 0 Å². The van der Waals surface area contributed by atoms with Crippen LogP contribution in [0.15, 0.2) is 6.20 Å². The highest BCUT2D eigenvalue weighted by atomic mass is 19.3. The summed E-state index contributed by atoms with van der Waals surface area (Å²) in [6, 6.07) is 0. The van der Waals surface area contributed by atoms with Gasteiger partial charge in [-0.05, 0) is 6.92 Å². The standard InChI is InChI=1S/C12H16F2N2O3/c1-3-19-10(17)4-7-8(12(13)14)6-16-9(5-15)11(7)18-2/h6,12H,3-5,15H2,1-2H3. The molecule has 0 radical (unpaired) electrons. The third kappa shape index (κ3) is 3.60. The molecule has 1 aromatic rings. The minimum Gasteiger partial charge on any atom is -0.494 e. The first-order chi connectivity index (χ1) is 9.04. The van der Waals surface area contributed by atoms with Crippen LogP contribution >= 0.6 is 0 Å². The maximum Gasteiger partial charge on any atom is 0.310 e. The zero-order chi connectivity index (χ0) is 14.4. The number of pyridine rings is 1. The van der Waals surface area contributed by atoms with Crippen LogP contribution in [0.1, 0.15) is 30.2 Å². The zero-order valence-corrected chi connectivity index (χ0v) is 10.8. The van der Waals surface area contributed by atoms with Crippen LogP contribution in [-0.2, 0) is 22.5 Å². The third-order valence-electron chi connectivity index (χ3n) is 2.50. The summed E-state index contributed by atoms with van der Waals surface area (Å²) in [7, 11) is 1.32. The monoisotopic (exact) mass is 274 g/mol. The van der Waals surface area contributed by atoms with Gasteiger partial charge in [-0.3, -0.25) is 9.78 Å². The Labute approximate surface area is 109 Å². The summed E-state index contributed by atoms with van der Waals surface area (Å²) in [6.45, 7) is 1.85. The predicted octanol–water partition coefficient (Wildman–Crippen LogP) is 1.59. The summed E-state index contributed by atoms with van der Waals surface area (Å²) in [6.07, 6.45) is -2.03. The molecule has 0 fully saturated rings. The number of nitrogens with two attached hydrogens (primary N) is 1. The fourth-order valence-electron chi connectivity index (χ4n) is 1.70. The Kier molecular flexibility index (Phi) is 5.62. The highest BCUT2D eigenvalue weighted by Gasteiger charge is 2.23. The van der Waals surface area contributed by atoms with E-state index in [1.807, 2.05) is 0 Å². The Morgan fingerprint density at radius 1 is 1.53 bits per heavy atom. The van der Waals surface area contributed by atoms with E-state index in [-0.39, 0.29) is 36.4 Å². The van der Waals surface area contributed by atoms with Gasteiger partial charge < -0.3 is 15.2 Å². The Bertz CT molecular complexity index is 453. The number of carbonyl (C=O) groups excluding carboxylic acids is 1. The lowest BCUT2D eigenvalue weighted by atomic mass is 10.0. The van der Waals surface area contributed by atoms with E-state index in [9.17, 15) is 13.6 Å². The molecule has 0 bridgehead atoms. The van der Waals surface area contributed by atoms with E-state index in [2.05, 4.69) is 4.98 Å². The van der Waals surface area contributed by atoms with Gasteiger partial charge in [0, 0.05) is 23.9 Å². The minimum absolute atomic E-state index is 0.0303. The second-order valence-electron chi connectivity index (χ2n) is 3.66. The van der Waals surface area contributed by atoms with Crippen molar-refractivity contribution in [3.05, 3.63) is 23.0 Å². The molecule has 2 N–H and O–H groups in total. The van der Waals surface area contributed by atoms with Crippen molar-refractivity contribution in [2.45, 2.75) is 26.3 Å². The summed E-state index contributed by atoms with van der Waals surface area (Å²) in [5, 5.41) is 0. The van der Waals surface area contributed by atoms with Crippen LogP contribution < -0.4 is 10.5 Å². The fraction of sp³-hybridized carbons (Fsp3) is 0.500. The van der Waals surface area contributed by atoms with Crippen LogP contribution in [0.5, 0.6) is 5.75 Å². The van der Waals surface area contributed by atoms with Gasteiger partial charge in [0.1, 0.15) is 5.75 Å². The number of aromatic nitrogens is 1. The number of rotatable bonds is 6. The van der Waals surface area contributed by atoms with E-state index in [1.54, 1.807) is 6.92 Å². The smallest absolute Gasteiger partial charge is 0.310 e. The highest BCUT2D eigenvalue weighted by Crippen LogP contribution is 2.32. The first-order valence-corrected chi connectivity index (χ1v) is 5.73. The van der Waals surface area contributed by atoms with Gasteiger partial charge in [-0.2, -0.15) is 0 Å². The number of methoxy groups -OCH3 is 1.